The number of para-hydroxylation sites is 1. The van der Waals surface area contributed by atoms with Crippen LogP contribution in [0.25, 0.3) is 0 Å². The molecule has 4 bridgehead atoms. The minimum Gasteiger partial charge on any atom is -0.347 e. The molecule has 1 aromatic carbocycles. The Hall–Kier alpha value is -2.88. The average Bonchev–Trinajstić information content (AvgIpc) is 3.45. The molecule has 4 aliphatic carbocycles. The number of nitriles is 1. The zero-order chi connectivity index (χ0) is 21.4. The van der Waals surface area contributed by atoms with Crippen molar-refractivity contribution in [2.24, 2.45) is 23.2 Å². The second kappa shape index (κ2) is 6.32. The van der Waals surface area contributed by atoms with Crippen LogP contribution in [0, 0.1) is 34.5 Å². The van der Waals surface area contributed by atoms with Crippen LogP contribution in [0.5, 0.6) is 0 Å². The topological polar surface area (TPSA) is 102 Å². The molecule has 6 aliphatic rings. The molecule has 2 N–H and O–H groups in total. The molecule has 0 radical (unpaired) electrons. The van der Waals surface area contributed by atoms with Crippen molar-refractivity contribution in [1.29, 1.82) is 5.26 Å². The number of likely N-dealkylation sites (tertiary alicyclic amines) is 1. The van der Waals surface area contributed by atoms with E-state index in [0.717, 1.165) is 42.6 Å². The Labute approximate surface area is 181 Å². The third-order valence-corrected chi connectivity index (χ3v) is 8.76. The van der Waals surface area contributed by atoms with Gasteiger partial charge >= 0.3 is 11.8 Å². The van der Waals surface area contributed by atoms with Gasteiger partial charge < -0.3 is 15.5 Å². The van der Waals surface area contributed by atoms with Crippen LogP contribution >= 0.6 is 0 Å². The monoisotopic (exact) mass is 418 g/mol. The Morgan fingerprint density at radius 1 is 1.16 bits per heavy atom. The largest absolute Gasteiger partial charge is 0.347 e. The summed E-state index contributed by atoms with van der Waals surface area (Å²) >= 11 is 0. The van der Waals surface area contributed by atoms with E-state index in [1.165, 1.54) is 17.7 Å². The fourth-order valence-corrected chi connectivity index (χ4v) is 7.64. The van der Waals surface area contributed by atoms with Gasteiger partial charge in [0.05, 0.1) is 11.5 Å². The van der Waals surface area contributed by atoms with Gasteiger partial charge in [-0.1, -0.05) is 18.2 Å². The van der Waals surface area contributed by atoms with Gasteiger partial charge in [0.2, 0.25) is 5.91 Å². The first-order valence-electron chi connectivity index (χ1n) is 11.3. The van der Waals surface area contributed by atoms with Crippen molar-refractivity contribution < 1.29 is 14.4 Å². The number of benzene rings is 1. The van der Waals surface area contributed by atoms with Gasteiger partial charge in [0.1, 0.15) is 6.04 Å². The molecule has 1 spiro atoms. The average molecular weight is 418 g/mol. The molecule has 1 saturated heterocycles. The molecule has 4 atom stereocenters. The summed E-state index contributed by atoms with van der Waals surface area (Å²) in [6.45, 7) is 0.596. The normalized spacial score (nSPS) is 38.9. The number of nitrogens with one attached hydrogen (secondary N) is 2. The molecule has 3 amide bonds. The summed E-state index contributed by atoms with van der Waals surface area (Å²) in [7, 11) is 0. The highest BCUT2D eigenvalue weighted by molar-refractivity contribution is 6.35. The lowest BCUT2D eigenvalue weighted by molar-refractivity contribution is -0.146. The van der Waals surface area contributed by atoms with Crippen molar-refractivity contribution >= 4 is 23.4 Å². The number of carbonyl (C=O) groups is 3. The van der Waals surface area contributed by atoms with Crippen LogP contribution in [-0.4, -0.2) is 41.8 Å². The number of hydrogen-bond acceptors (Lipinski definition) is 4. The lowest BCUT2D eigenvalue weighted by Gasteiger charge is -2.38. The maximum absolute atomic E-state index is 13.1. The fourth-order valence-electron chi connectivity index (χ4n) is 7.64. The minimum atomic E-state index is -0.963. The van der Waals surface area contributed by atoms with Gasteiger partial charge in [-0.2, -0.15) is 5.26 Å². The van der Waals surface area contributed by atoms with Gasteiger partial charge in [-0.3, -0.25) is 14.4 Å². The van der Waals surface area contributed by atoms with Crippen LogP contribution < -0.4 is 10.6 Å². The standard InChI is InChI=1S/C24H26N4O3/c25-11-17-10-24(18-3-1-2-4-19(18)27-22(24)31)13-28(17)21(30)20(29)26-12-23-7-14-5-15(8-23)16(6-14)9-23/h1-4,14-17H,5-10,12-13H2,(H,26,29)(H,27,31)/t14?,15?,16?,17-,23?,24-/m0/s1. The zero-order valence-electron chi connectivity index (χ0n) is 17.4. The molecule has 2 unspecified atom stereocenters. The molecular weight excluding hydrogens is 392 g/mol. The number of rotatable bonds is 2. The summed E-state index contributed by atoms with van der Waals surface area (Å²) in [5.41, 5.74) is 0.703. The van der Waals surface area contributed by atoms with E-state index in [0.29, 0.717) is 12.2 Å². The predicted molar refractivity (Wildman–Crippen MR) is 111 cm³/mol. The fraction of sp³-hybridized carbons (Fsp3) is 0.583. The first kappa shape index (κ1) is 18.9. The van der Waals surface area contributed by atoms with E-state index in [1.54, 1.807) is 0 Å². The van der Waals surface area contributed by atoms with Crippen molar-refractivity contribution in [3.8, 4) is 6.07 Å². The number of hydrogen-bond donors (Lipinski definition) is 2. The number of fused-ring (bicyclic) bond motifs is 2. The van der Waals surface area contributed by atoms with Gasteiger partial charge in [0.25, 0.3) is 0 Å². The Kier molecular flexibility index (Phi) is 3.84. The molecule has 160 valence electrons. The van der Waals surface area contributed by atoms with Crippen molar-refractivity contribution in [2.75, 3.05) is 18.4 Å². The third kappa shape index (κ3) is 2.60. The molecule has 2 aliphatic heterocycles. The van der Waals surface area contributed by atoms with Crippen LogP contribution in [0.15, 0.2) is 24.3 Å². The molecule has 7 heteroatoms. The van der Waals surface area contributed by atoms with Crippen LogP contribution in [-0.2, 0) is 19.8 Å². The van der Waals surface area contributed by atoms with E-state index in [2.05, 4.69) is 16.7 Å². The Balaban J connectivity index is 1.18. The summed E-state index contributed by atoms with van der Waals surface area (Å²) in [5.74, 6) is 0.824. The summed E-state index contributed by atoms with van der Waals surface area (Å²) in [5, 5.41) is 15.5. The van der Waals surface area contributed by atoms with Crippen molar-refractivity contribution in [3.05, 3.63) is 29.8 Å². The smallest absolute Gasteiger partial charge is 0.312 e. The zero-order valence-corrected chi connectivity index (χ0v) is 17.4. The molecule has 7 rings (SSSR count). The molecule has 1 aromatic rings. The van der Waals surface area contributed by atoms with Gasteiger partial charge in [-0.15, -0.1) is 0 Å². The van der Waals surface area contributed by atoms with E-state index in [-0.39, 0.29) is 24.3 Å². The van der Waals surface area contributed by atoms with E-state index >= 15 is 0 Å². The predicted octanol–water partition coefficient (Wildman–Crippen LogP) is 1.94. The van der Waals surface area contributed by atoms with Gasteiger partial charge in [0, 0.05) is 25.2 Å². The summed E-state index contributed by atoms with van der Waals surface area (Å²) < 4.78 is 0. The number of anilines is 1. The van der Waals surface area contributed by atoms with E-state index in [1.807, 2.05) is 24.3 Å². The molecular formula is C24H26N4O3. The Morgan fingerprint density at radius 2 is 1.90 bits per heavy atom. The highest BCUT2D eigenvalue weighted by Crippen LogP contribution is 2.63. The first-order valence-corrected chi connectivity index (χ1v) is 11.3. The Bertz CT molecular complexity index is 1030. The molecule has 5 fully saturated rings. The van der Waals surface area contributed by atoms with E-state index in [4.69, 9.17) is 0 Å². The lowest BCUT2D eigenvalue weighted by atomic mass is 9.69. The first-order chi connectivity index (χ1) is 14.9. The lowest BCUT2D eigenvalue weighted by Crippen LogP contribution is -2.49. The van der Waals surface area contributed by atoms with E-state index < -0.39 is 23.3 Å². The van der Waals surface area contributed by atoms with Crippen LogP contribution in [0.1, 0.15) is 44.1 Å². The van der Waals surface area contributed by atoms with Crippen molar-refractivity contribution in [3.63, 3.8) is 0 Å². The summed E-state index contributed by atoms with van der Waals surface area (Å²) in [4.78, 5) is 40.0. The van der Waals surface area contributed by atoms with Gasteiger partial charge in [-0.25, -0.2) is 0 Å². The summed E-state index contributed by atoms with van der Waals surface area (Å²) in [6, 6.07) is 8.71. The highest BCUT2D eigenvalue weighted by atomic mass is 16.2. The summed E-state index contributed by atoms with van der Waals surface area (Å²) in [6.07, 6.45) is 6.35. The molecule has 0 aromatic heterocycles. The van der Waals surface area contributed by atoms with Gasteiger partial charge in [-0.05, 0) is 66.9 Å². The Morgan fingerprint density at radius 3 is 2.61 bits per heavy atom. The van der Waals surface area contributed by atoms with Crippen LogP contribution in [0.3, 0.4) is 0 Å². The number of carbonyl (C=O) groups excluding carboxylic acids is 3. The molecule has 31 heavy (non-hydrogen) atoms. The SMILES string of the molecule is N#C[C@@H]1C[C@@]2(CN1C(=O)C(=O)NCC13CC4CC(C1)C(C4)C3)C(=O)Nc1ccccc12. The molecule has 7 nitrogen and oxygen atoms in total. The second-order valence-corrected chi connectivity index (χ2v) is 10.5. The second-order valence-electron chi connectivity index (χ2n) is 10.5. The maximum Gasteiger partial charge on any atom is 0.312 e. The van der Waals surface area contributed by atoms with Gasteiger partial charge in [0.15, 0.2) is 0 Å². The quantitative estimate of drug-likeness (QED) is 0.717. The van der Waals surface area contributed by atoms with Crippen molar-refractivity contribution in [2.45, 2.75) is 50.0 Å². The van der Waals surface area contributed by atoms with Crippen LogP contribution in [0.2, 0.25) is 0 Å². The van der Waals surface area contributed by atoms with Crippen molar-refractivity contribution in [1.82, 2.24) is 10.2 Å². The maximum atomic E-state index is 13.1. The number of amides is 3. The molecule has 4 saturated carbocycles. The molecule has 2 heterocycles. The highest BCUT2D eigenvalue weighted by Gasteiger charge is 2.58. The van der Waals surface area contributed by atoms with Crippen LogP contribution in [0.4, 0.5) is 5.69 Å². The third-order valence-electron chi connectivity index (χ3n) is 8.76. The van der Waals surface area contributed by atoms with E-state index in [9.17, 15) is 19.6 Å². The number of nitrogens with zero attached hydrogens (tertiary/aromatic N) is 2. The minimum absolute atomic E-state index is 0.0533.